The van der Waals surface area contributed by atoms with Crippen LogP contribution in [0, 0.1) is 24.7 Å². The van der Waals surface area contributed by atoms with Crippen LogP contribution in [0.2, 0.25) is 0 Å². The molecule has 0 spiro atoms. The van der Waals surface area contributed by atoms with Crippen molar-refractivity contribution in [1.29, 1.82) is 0 Å². The van der Waals surface area contributed by atoms with Crippen molar-refractivity contribution in [2.24, 2.45) is 5.92 Å². The van der Waals surface area contributed by atoms with Crippen molar-refractivity contribution in [3.8, 4) is 11.8 Å². The van der Waals surface area contributed by atoms with Gasteiger partial charge >= 0.3 is 0 Å². The second kappa shape index (κ2) is 13.3. The zero-order chi connectivity index (χ0) is 18.9. The SMILES string of the molecule is [CH2-]CCC#CCC1C(c2ccc(C(O)CCCCC)cc2)[C@H](O)C[C@H]1Cl.[Y]. The van der Waals surface area contributed by atoms with Crippen molar-refractivity contribution in [1.82, 2.24) is 0 Å². The zero-order valence-electron chi connectivity index (χ0n) is 16.4. The molecule has 1 saturated carbocycles. The van der Waals surface area contributed by atoms with Gasteiger partial charge in [0.05, 0.1) is 12.2 Å². The van der Waals surface area contributed by atoms with E-state index in [1.807, 2.05) is 24.3 Å². The second-order valence-corrected chi connectivity index (χ2v) is 7.91. The van der Waals surface area contributed by atoms with Crippen LogP contribution in [0.4, 0.5) is 0 Å². The predicted octanol–water partition coefficient (Wildman–Crippen LogP) is 5.38. The molecule has 0 bridgehead atoms. The van der Waals surface area contributed by atoms with Crippen molar-refractivity contribution >= 4 is 11.6 Å². The summed E-state index contributed by atoms with van der Waals surface area (Å²) in [5.74, 6) is 6.51. The molecule has 0 aliphatic heterocycles. The molecule has 1 radical (unpaired) electrons. The summed E-state index contributed by atoms with van der Waals surface area (Å²) in [5.41, 5.74) is 2.04. The molecule has 3 unspecified atom stereocenters. The van der Waals surface area contributed by atoms with Crippen LogP contribution in [0.5, 0.6) is 0 Å². The van der Waals surface area contributed by atoms with Crippen molar-refractivity contribution in [2.45, 2.75) is 81.8 Å². The first-order valence-corrected chi connectivity index (χ1v) is 10.4. The number of hydrogen-bond acceptors (Lipinski definition) is 2. The fourth-order valence-electron chi connectivity index (χ4n) is 3.85. The molecule has 0 saturated heterocycles. The van der Waals surface area contributed by atoms with E-state index in [1.54, 1.807) is 0 Å². The maximum Gasteiger partial charge on any atom is 0.0790 e. The predicted molar refractivity (Wildman–Crippen MR) is 109 cm³/mol. The van der Waals surface area contributed by atoms with Gasteiger partial charge in [-0.3, -0.25) is 0 Å². The van der Waals surface area contributed by atoms with E-state index < -0.39 is 12.2 Å². The van der Waals surface area contributed by atoms with Gasteiger partial charge in [0.1, 0.15) is 0 Å². The summed E-state index contributed by atoms with van der Waals surface area (Å²) in [6.07, 6.45) is 6.24. The number of hydrogen-bond donors (Lipinski definition) is 2. The van der Waals surface area contributed by atoms with E-state index in [0.29, 0.717) is 12.8 Å². The van der Waals surface area contributed by atoms with E-state index in [1.165, 1.54) is 0 Å². The van der Waals surface area contributed by atoms with E-state index in [0.717, 1.165) is 49.7 Å². The fraction of sp³-hybridized carbons (Fsp3) is 0.609. The molecule has 4 heteroatoms. The molecule has 0 amide bonds. The Labute approximate surface area is 195 Å². The third-order valence-electron chi connectivity index (χ3n) is 5.36. The molecule has 1 aromatic rings. The summed E-state index contributed by atoms with van der Waals surface area (Å²) < 4.78 is 0. The summed E-state index contributed by atoms with van der Waals surface area (Å²) in [5, 5.41) is 20.8. The van der Waals surface area contributed by atoms with Gasteiger partial charge in [-0.05, 0) is 36.3 Å². The molecule has 1 aliphatic carbocycles. The number of aliphatic hydroxyl groups excluding tert-OH is 2. The van der Waals surface area contributed by atoms with Crippen LogP contribution in [0.15, 0.2) is 24.3 Å². The second-order valence-electron chi connectivity index (χ2n) is 7.35. The maximum atomic E-state index is 10.5. The topological polar surface area (TPSA) is 40.5 Å². The van der Waals surface area contributed by atoms with E-state index in [2.05, 4.69) is 25.7 Å². The Morgan fingerprint density at radius 2 is 1.93 bits per heavy atom. The van der Waals surface area contributed by atoms with Gasteiger partial charge < -0.3 is 17.1 Å². The average Bonchev–Trinajstić information content (AvgIpc) is 2.92. The van der Waals surface area contributed by atoms with Crippen molar-refractivity contribution in [3.05, 3.63) is 42.3 Å². The third-order valence-corrected chi connectivity index (χ3v) is 5.86. The van der Waals surface area contributed by atoms with Crippen molar-refractivity contribution in [3.63, 3.8) is 0 Å². The molecule has 27 heavy (non-hydrogen) atoms. The standard InChI is InChI=1S/C23H32ClO2.Y/c1-3-5-7-9-10-19-20(24)16-22(26)23(19)18-14-12-17(13-15-18)21(25)11-8-6-4-2;/h12-15,19-23,25-26H,1,3-6,8,10-11,16H2,2H3;/q-1;/t19?,20-,21?,22-,23?;/m1./s1. The van der Waals surface area contributed by atoms with Crippen molar-refractivity contribution < 1.29 is 42.9 Å². The maximum absolute atomic E-state index is 10.5. The number of unbranched alkanes of at least 4 members (excludes halogenated alkanes) is 3. The Hall–Kier alpha value is 0.0939. The molecule has 1 aliphatic rings. The smallest absolute Gasteiger partial charge is 0.0790 e. The summed E-state index contributed by atoms with van der Waals surface area (Å²) in [7, 11) is 0. The Bertz CT molecular complexity index is 593. The van der Waals surface area contributed by atoms with Gasteiger partial charge in [0, 0.05) is 50.4 Å². The van der Waals surface area contributed by atoms with E-state index >= 15 is 0 Å². The van der Waals surface area contributed by atoms with Gasteiger partial charge in [-0.1, -0.05) is 50.5 Å². The van der Waals surface area contributed by atoms with Crippen molar-refractivity contribution in [2.75, 3.05) is 0 Å². The van der Waals surface area contributed by atoms with Gasteiger partial charge in [0.2, 0.25) is 0 Å². The van der Waals surface area contributed by atoms with E-state index in [9.17, 15) is 10.2 Å². The monoisotopic (exact) mass is 464 g/mol. The minimum atomic E-state index is -0.433. The first-order chi connectivity index (χ1) is 12.6. The molecular weight excluding hydrogens is 433 g/mol. The number of benzene rings is 1. The quantitative estimate of drug-likeness (QED) is 0.235. The van der Waals surface area contributed by atoms with Crippen LogP contribution in [0.25, 0.3) is 0 Å². The largest absolute Gasteiger partial charge is 0.392 e. The number of halogens is 1. The van der Waals surface area contributed by atoms with E-state index in [4.69, 9.17) is 11.6 Å². The molecule has 5 atom stereocenters. The van der Waals surface area contributed by atoms with Crippen LogP contribution in [0.1, 0.15) is 81.4 Å². The van der Waals surface area contributed by atoms with Gasteiger partial charge in [0.25, 0.3) is 0 Å². The molecule has 2 rings (SSSR count). The number of aliphatic hydroxyl groups is 2. The Balaban J connectivity index is 0.00000364. The summed E-state index contributed by atoms with van der Waals surface area (Å²) in [6, 6.07) is 8.06. The van der Waals surface area contributed by atoms with Crippen LogP contribution in [-0.4, -0.2) is 21.7 Å². The van der Waals surface area contributed by atoms with Crippen LogP contribution in [0.3, 0.4) is 0 Å². The third kappa shape index (κ3) is 7.45. The van der Waals surface area contributed by atoms with Gasteiger partial charge in [-0.2, -0.15) is 6.42 Å². The van der Waals surface area contributed by atoms with Crippen LogP contribution < -0.4 is 0 Å². The van der Waals surface area contributed by atoms with Crippen LogP contribution >= 0.6 is 11.6 Å². The first kappa shape index (κ1) is 25.1. The zero-order valence-corrected chi connectivity index (χ0v) is 20.0. The Morgan fingerprint density at radius 1 is 1.22 bits per heavy atom. The summed E-state index contributed by atoms with van der Waals surface area (Å²) in [4.78, 5) is 0. The van der Waals surface area contributed by atoms with Crippen LogP contribution in [-0.2, 0) is 32.7 Å². The Kier molecular flexibility index (Phi) is 12.4. The molecule has 0 heterocycles. The van der Waals surface area contributed by atoms with Gasteiger partial charge in [0.15, 0.2) is 0 Å². The molecule has 2 nitrogen and oxygen atoms in total. The Morgan fingerprint density at radius 3 is 2.56 bits per heavy atom. The minimum Gasteiger partial charge on any atom is -0.392 e. The normalized spacial score (nSPS) is 25.4. The van der Waals surface area contributed by atoms with Gasteiger partial charge in [-0.15, -0.1) is 23.4 Å². The number of alkyl halides is 1. The molecule has 2 N–H and O–H groups in total. The molecular formula is C23H32ClO2Y-. The average molecular weight is 465 g/mol. The molecule has 0 aromatic heterocycles. The first-order valence-electron chi connectivity index (χ1n) is 9.93. The van der Waals surface area contributed by atoms with Gasteiger partial charge in [-0.25, -0.2) is 0 Å². The number of rotatable bonds is 8. The minimum absolute atomic E-state index is 0. The molecule has 1 fully saturated rings. The molecule has 147 valence electrons. The summed E-state index contributed by atoms with van der Waals surface area (Å²) in [6.45, 7) is 5.97. The van der Waals surface area contributed by atoms with E-state index in [-0.39, 0.29) is 49.9 Å². The fourth-order valence-corrected chi connectivity index (χ4v) is 4.28. The summed E-state index contributed by atoms with van der Waals surface area (Å²) >= 11 is 6.50. The molecule has 1 aromatic carbocycles.